The van der Waals surface area contributed by atoms with E-state index < -0.39 is 16.0 Å². The third-order valence-electron chi connectivity index (χ3n) is 2.91. The third-order valence-corrected chi connectivity index (χ3v) is 4.28. The average molecular weight is 312 g/mol. The van der Waals surface area contributed by atoms with Crippen LogP contribution in [0.2, 0.25) is 0 Å². The van der Waals surface area contributed by atoms with Crippen molar-refractivity contribution < 1.29 is 22.7 Å². The lowest BCUT2D eigenvalue weighted by atomic mass is 10.4. The van der Waals surface area contributed by atoms with Gasteiger partial charge in [-0.15, -0.1) is 0 Å². The number of nitrogens with zero attached hydrogens (tertiary/aromatic N) is 1. The molecule has 2 aromatic rings. The summed E-state index contributed by atoms with van der Waals surface area (Å²) in [6.07, 6.45) is 4.93. The van der Waals surface area contributed by atoms with E-state index in [2.05, 4.69) is 4.72 Å². The minimum atomic E-state index is -3.77. The number of aromatic carboxylic acids is 1. The Morgan fingerprint density at radius 2 is 2.24 bits per heavy atom. The largest absolute Gasteiger partial charge is 0.477 e. The fraction of sp³-hybridized carbons (Fsp3) is 0.308. The van der Waals surface area contributed by atoms with Gasteiger partial charge in [0.2, 0.25) is 10.0 Å². The van der Waals surface area contributed by atoms with E-state index in [0.717, 1.165) is 6.07 Å². The molecule has 0 aromatic carbocycles. The first-order valence-electron chi connectivity index (χ1n) is 6.38. The molecule has 0 saturated carbocycles. The van der Waals surface area contributed by atoms with Gasteiger partial charge in [0, 0.05) is 24.8 Å². The Morgan fingerprint density at radius 3 is 2.81 bits per heavy atom. The lowest BCUT2D eigenvalue weighted by molar-refractivity contribution is 0.0685. The number of aryl methyl sites for hydroxylation is 1. The monoisotopic (exact) mass is 312 g/mol. The first kappa shape index (κ1) is 15.3. The van der Waals surface area contributed by atoms with Crippen LogP contribution in [0, 0.1) is 0 Å². The molecule has 2 aromatic heterocycles. The highest BCUT2D eigenvalue weighted by molar-refractivity contribution is 7.89. The van der Waals surface area contributed by atoms with E-state index in [9.17, 15) is 13.2 Å². The van der Waals surface area contributed by atoms with Gasteiger partial charge in [0.25, 0.3) is 0 Å². The molecule has 7 nitrogen and oxygen atoms in total. The molecule has 0 bridgehead atoms. The molecule has 0 amide bonds. The van der Waals surface area contributed by atoms with Crippen molar-refractivity contribution in [2.75, 3.05) is 0 Å². The third kappa shape index (κ3) is 3.53. The summed E-state index contributed by atoms with van der Waals surface area (Å²) in [4.78, 5) is 11.1. The summed E-state index contributed by atoms with van der Waals surface area (Å²) in [6.45, 7) is 2.41. The van der Waals surface area contributed by atoms with Gasteiger partial charge >= 0.3 is 5.97 Å². The van der Waals surface area contributed by atoms with Crippen molar-refractivity contribution >= 4 is 16.0 Å². The highest BCUT2D eigenvalue weighted by atomic mass is 32.2. The van der Waals surface area contributed by atoms with Crippen LogP contribution >= 0.6 is 0 Å². The molecule has 0 aliphatic heterocycles. The Morgan fingerprint density at radius 1 is 1.48 bits per heavy atom. The summed E-state index contributed by atoms with van der Waals surface area (Å²) in [5.74, 6) is -1.15. The zero-order chi connectivity index (χ0) is 15.5. The smallest absolute Gasteiger partial charge is 0.352 e. The summed E-state index contributed by atoms with van der Waals surface area (Å²) < 4.78 is 33.0. The summed E-state index contributed by atoms with van der Waals surface area (Å²) in [5, 5.41) is 9.10. The molecule has 0 atom stereocenters. The maximum Gasteiger partial charge on any atom is 0.352 e. The molecule has 0 aliphatic carbocycles. The van der Waals surface area contributed by atoms with Gasteiger partial charge in [-0.3, -0.25) is 0 Å². The number of carboxylic acid groups (broad SMARTS) is 1. The second-order valence-electron chi connectivity index (χ2n) is 4.52. The van der Waals surface area contributed by atoms with Crippen LogP contribution in [0.15, 0.2) is 40.2 Å². The Labute approximate surface area is 122 Å². The second-order valence-corrected chi connectivity index (χ2v) is 6.28. The van der Waals surface area contributed by atoms with E-state index in [-0.39, 0.29) is 17.1 Å². The number of rotatable bonds is 7. The standard InChI is InChI=1S/C13H16N2O5S/c1-2-4-15-8-11(6-12(15)13(16)17)21(18,19)14-7-10-3-5-20-9-10/h3,5-6,8-9,14H,2,4,7H2,1H3,(H,16,17). The van der Waals surface area contributed by atoms with Crippen LogP contribution in [0.4, 0.5) is 0 Å². The lowest BCUT2D eigenvalue weighted by Crippen LogP contribution is -2.22. The van der Waals surface area contributed by atoms with Crippen molar-refractivity contribution in [1.82, 2.24) is 9.29 Å². The molecule has 0 radical (unpaired) electrons. The molecular weight excluding hydrogens is 296 g/mol. The van der Waals surface area contributed by atoms with Gasteiger partial charge < -0.3 is 14.1 Å². The Balaban J connectivity index is 2.23. The van der Waals surface area contributed by atoms with Gasteiger partial charge in [0.05, 0.1) is 12.5 Å². The fourth-order valence-corrected chi connectivity index (χ4v) is 2.95. The number of hydrogen-bond acceptors (Lipinski definition) is 4. The van der Waals surface area contributed by atoms with Crippen LogP contribution in [0.3, 0.4) is 0 Å². The van der Waals surface area contributed by atoms with E-state index in [4.69, 9.17) is 9.52 Å². The predicted octanol–water partition coefficient (Wildman–Crippen LogP) is 1.67. The van der Waals surface area contributed by atoms with Gasteiger partial charge in [0.1, 0.15) is 10.6 Å². The van der Waals surface area contributed by atoms with Crippen molar-refractivity contribution in [3.8, 4) is 0 Å². The van der Waals surface area contributed by atoms with Crippen LogP contribution < -0.4 is 4.72 Å². The first-order chi connectivity index (χ1) is 9.94. The summed E-state index contributed by atoms with van der Waals surface area (Å²) in [5.41, 5.74) is 0.644. The van der Waals surface area contributed by atoms with E-state index in [1.165, 1.54) is 23.3 Å². The van der Waals surface area contributed by atoms with Crippen molar-refractivity contribution in [2.45, 2.75) is 31.3 Å². The Hall–Kier alpha value is -2.06. The molecule has 0 aliphatic rings. The molecule has 2 N–H and O–H groups in total. The van der Waals surface area contributed by atoms with Gasteiger partial charge in [-0.05, 0) is 18.6 Å². The van der Waals surface area contributed by atoms with Crippen LogP contribution in [-0.2, 0) is 23.1 Å². The minimum absolute atomic E-state index is 0.0412. The zero-order valence-electron chi connectivity index (χ0n) is 11.4. The van der Waals surface area contributed by atoms with Crippen LogP contribution in [0.25, 0.3) is 0 Å². The van der Waals surface area contributed by atoms with E-state index in [1.807, 2.05) is 6.92 Å². The predicted molar refractivity (Wildman–Crippen MR) is 74.4 cm³/mol. The van der Waals surface area contributed by atoms with E-state index in [1.54, 1.807) is 6.07 Å². The van der Waals surface area contributed by atoms with Gasteiger partial charge in [0.15, 0.2) is 0 Å². The molecule has 2 heterocycles. The number of aromatic nitrogens is 1. The molecule has 0 fully saturated rings. The molecule has 0 saturated heterocycles. The molecule has 2 rings (SSSR count). The number of sulfonamides is 1. The van der Waals surface area contributed by atoms with E-state index >= 15 is 0 Å². The Kier molecular flexibility index (Phi) is 4.49. The maximum absolute atomic E-state index is 12.2. The highest BCUT2D eigenvalue weighted by Gasteiger charge is 2.21. The van der Waals surface area contributed by atoms with Crippen LogP contribution in [-0.4, -0.2) is 24.1 Å². The van der Waals surface area contributed by atoms with Crippen LogP contribution in [0.1, 0.15) is 29.4 Å². The van der Waals surface area contributed by atoms with Gasteiger partial charge in [-0.1, -0.05) is 6.92 Å². The minimum Gasteiger partial charge on any atom is -0.477 e. The maximum atomic E-state index is 12.2. The quantitative estimate of drug-likeness (QED) is 0.809. The fourth-order valence-electron chi connectivity index (χ4n) is 1.89. The normalized spacial score (nSPS) is 11.7. The number of carboxylic acids is 1. The van der Waals surface area contributed by atoms with Crippen molar-refractivity contribution in [2.24, 2.45) is 0 Å². The molecule has 21 heavy (non-hydrogen) atoms. The topological polar surface area (TPSA) is 102 Å². The van der Waals surface area contributed by atoms with E-state index in [0.29, 0.717) is 18.5 Å². The second kappa shape index (κ2) is 6.15. The SMILES string of the molecule is CCCn1cc(S(=O)(=O)NCc2ccoc2)cc1C(=O)O. The molecular formula is C13H16N2O5S. The highest BCUT2D eigenvalue weighted by Crippen LogP contribution is 2.16. The van der Waals surface area contributed by atoms with Crippen molar-refractivity contribution in [3.05, 3.63) is 42.1 Å². The number of hydrogen-bond donors (Lipinski definition) is 2. The molecule has 114 valence electrons. The molecule has 0 spiro atoms. The average Bonchev–Trinajstić information content (AvgIpc) is 3.06. The summed E-state index contributed by atoms with van der Waals surface area (Å²) in [7, 11) is -3.77. The number of nitrogens with one attached hydrogen (secondary N) is 1. The van der Waals surface area contributed by atoms with Crippen molar-refractivity contribution in [3.63, 3.8) is 0 Å². The first-order valence-corrected chi connectivity index (χ1v) is 7.86. The van der Waals surface area contributed by atoms with Crippen molar-refractivity contribution in [1.29, 1.82) is 0 Å². The van der Waals surface area contributed by atoms with Gasteiger partial charge in [-0.2, -0.15) is 0 Å². The number of furan rings is 1. The van der Waals surface area contributed by atoms with Crippen LogP contribution in [0.5, 0.6) is 0 Å². The van der Waals surface area contributed by atoms with Gasteiger partial charge in [-0.25, -0.2) is 17.9 Å². The summed E-state index contributed by atoms with van der Waals surface area (Å²) >= 11 is 0. The lowest BCUT2D eigenvalue weighted by Gasteiger charge is -2.03. The molecule has 0 unspecified atom stereocenters. The summed E-state index contributed by atoms with van der Waals surface area (Å²) in [6, 6.07) is 2.81. The number of carbonyl (C=O) groups is 1. The molecule has 8 heteroatoms. The zero-order valence-corrected chi connectivity index (χ0v) is 12.3. The Bertz CT molecular complexity index is 716.